The van der Waals surface area contributed by atoms with E-state index in [2.05, 4.69) is 10.5 Å². The number of methoxy groups -OCH3 is 1. The number of benzene rings is 1. The molecular formula is C17H15ClN2O3S. The van der Waals surface area contributed by atoms with Gasteiger partial charge in [-0.3, -0.25) is 4.79 Å². The van der Waals surface area contributed by atoms with Crippen LogP contribution in [0.5, 0.6) is 0 Å². The largest absolute Gasteiger partial charge is 0.383 e. The fourth-order valence-corrected chi connectivity index (χ4v) is 3.14. The van der Waals surface area contributed by atoms with Crippen molar-refractivity contribution < 1.29 is 14.1 Å². The molecule has 0 aliphatic rings. The molecule has 24 heavy (non-hydrogen) atoms. The molecule has 1 aromatic carbocycles. The summed E-state index contributed by atoms with van der Waals surface area (Å²) in [4.78, 5) is 12.7. The predicted octanol–water partition coefficient (Wildman–Crippen LogP) is 4.10. The predicted molar refractivity (Wildman–Crippen MR) is 94.5 cm³/mol. The quantitative estimate of drug-likeness (QED) is 0.670. The minimum absolute atomic E-state index is 0.274. The highest BCUT2D eigenvalue weighted by Crippen LogP contribution is 2.36. The highest BCUT2D eigenvalue weighted by Gasteiger charge is 2.26. The normalized spacial score (nSPS) is 10.8. The van der Waals surface area contributed by atoms with Crippen LogP contribution in [-0.2, 0) is 4.74 Å². The fourth-order valence-electron chi connectivity index (χ4n) is 2.28. The topological polar surface area (TPSA) is 64.4 Å². The van der Waals surface area contributed by atoms with Crippen molar-refractivity contribution >= 4 is 28.8 Å². The molecule has 0 fully saturated rings. The summed E-state index contributed by atoms with van der Waals surface area (Å²) in [6, 6.07) is 9.11. The van der Waals surface area contributed by atoms with Crippen molar-refractivity contribution in [3.63, 3.8) is 0 Å². The van der Waals surface area contributed by atoms with Gasteiger partial charge in [0.1, 0.15) is 11.3 Å². The first kappa shape index (κ1) is 16.7. The van der Waals surface area contributed by atoms with Crippen molar-refractivity contribution in [1.82, 2.24) is 10.5 Å². The molecule has 7 heteroatoms. The summed E-state index contributed by atoms with van der Waals surface area (Å²) in [5, 5.41) is 11.2. The third-order valence-corrected chi connectivity index (χ3v) is 4.44. The number of carbonyl (C=O) groups is 1. The third kappa shape index (κ3) is 3.36. The number of halogens is 1. The number of thiophene rings is 1. The highest BCUT2D eigenvalue weighted by atomic mass is 35.5. The summed E-state index contributed by atoms with van der Waals surface area (Å²) in [5.41, 5.74) is 2.26. The first-order valence-electron chi connectivity index (χ1n) is 7.26. The zero-order chi connectivity index (χ0) is 16.9. The van der Waals surface area contributed by atoms with E-state index in [1.54, 1.807) is 13.2 Å². The summed E-state index contributed by atoms with van der Waals surface area (Å²) in [7, 11) is 1.58. The second-order valence-electron chi connectivity index (χ2n) is 4.98. The number of carbonyl (C=O) groups excluding carboxylic acids is 1. The number of rotatable bonds is 6. The molecule has 1 N–H and O–H groups in total. The Kier molecular flexibility index (Phi) is 5.30. The molecule has 3 rings (SSSR count). The van der Waals surface area contributed by atoms with Crippen molar-refractivity contribution in [2.75, 3.05) is 20.3 Å². The maximum Gasteiger partial charge on any atom is 0.257 e. The minimum atomic E-state index is -0.274. The highest BCUT2D eigenvalue weighted by molar-refractivity contribution is 7.08. The smallest absolute Gasteiger partial charge is 0.257 e. The first-order valence-corrected chi connectivity index (χ1v) is 8.58. The molecule has 124 valence electrons. The fraction of sp³-hybridized carbons (Fsp3) is 0.176. The van der Waals surface area contributed by atoms with Gasteiger partial charge in [0.2, 0.25) is 0 Å². The van der Waals surface area contributed by atoms with Crippen LogP contribution < -0.4 is 5.32 Å². The van der Waals surface area contributed by atoms with Crippen molar-refractivity contribution in [2.24, 2.45) is 0 Å². The molecule has 1 amide bonds. The van der Waals surface area contributed by atoms with Crippen molar-refractivity contribution in [3.8, 4) is 22.6 Å². The molecule has 0 aliphatic carbocycles. The van der Waals surface area contributed by atoms with E-state index in [1.165, 1.54) is 11.3 Å². The summed E-state index contributed by atoms with van der Waals surface area (Å²) < 4.78 is 10.5. The lowest BCUT2D eigenvalue weighted by atomic mass is 10.0. The lowest BCUT2D eigenvalue weighted by Gasteiger charge is -2.06. The van der Waals surface area contributed by atoms with Gasteiger partial charge in [-0.25, -0.2) is 0 Å². The van der Waals surface area contributed by atoms with Crippen LogP contribution in [0.4, 0.5) is 0 Å². The number of ether oxygens (including phenoxy) is 1. The number of hydrogen-bond acceptors (Lipinski definition) is 5. The second kappa shape index (κ2) is 7.61. The standard InChI is InChI=1S/C17H15ClN2O3S/c1-22-8-7-19-17(21)14-15(12-4-2-3-5-13(12)18)20-23-16(14)11-6-9-24-10-11/h2-6,9-10H,7-8H2,1H3,(H,19,21). The number of amides is 1. The van der Waals surface area contributed by atoms with Gasteiger partial charge in [-0.2, -0.15) is 11.3 Å². The Morgan fingerprint density at radius 1 is 1.38 bits per heavy atom. The van der Waals surface area contributed by atoms with E-state index in [1.807, 2.05) is 35.0 Å². The molecule has 3 aromatic rings. The van der Waals surface area contributed by atoms with Crippen molar-refractivity contribution in [2.45, 2.75) is 0 Å². The molecule has 0 saturated heterocycles. The average Bonchev–Trinajstić information content (AvgIpc) is 3.24. The molecule has 0 radical (unpaired) electrons. The van der Waals surface area contributed by atoms with E-state index in [0.29, 0.717) is 40.8 Å². The van der Waals surface area contributed by atoms with Gasteiger partial charge in [0.15, 0.2) is 5.76 Å². The molecule has 2 heterocycles. The summed E-state index contributed by atoms with van der Waals surface area (Å²) in [6.45, 7) is 0.817. The summed E-state index contributed by atoms with van der Waals surface area (Å²) in [5.74, 6) is 0.158. The Labute approximate surface area is 148 Å². The SMILES string of the molecule is COCCNC(=O)c1c(-c2ccccc2Cl)noc1-c1ccsc1. The van der Waals surface area contributed by atoms with Crippen molar-refractivity contribution in [3.05, 3.63) is 51.7 Å². The van der Waals surface area contributed by atoms with E-state index < -0.39 is 0 Å². The molecule has 0 aliphatic heterocycles. The van der Waals surface area contributed by atoms with Gasteiger partial charge in [-0.05, 0) is 17.5 Å². The minimum Gasteiger partial charge on any atom is -0.383 e. The molecule has 0 spiro atoms. The maximum absolute atomic E-state index is 12.7. The maximum atomic E-state index is 12.7. The summed E-state index contributed by atoms with van der Waals surface area (Å²) >= 11 is 7.78. The lowest BCUT2D eigenvalue weighted by Crippen LogP contribution is -2.27. The van der Waals surface area contributed by atoms with Crippen LogP contribution in [0.1, 0.15) is 10.4 Å². The zero-order valence-electron chi connectivity index (χ0n) is 12.9. The van der Waals surface area contributed by atoms with Crippen LogP contribution in [0.3, 0.4) is 0 Å². The molecule has 0 bridgehead atoms. The van der Waals surface area contributed by atoms with Crippen LogP contribution in [0.15, 0.2) is 45.6 Å². The Balaban J connectivity index is 2.06. The monoisotopic (exact) mass is 362 g/mol. The Morgan fingerprint density at radius 3 is 2.92 bits per heavy atom. The van der Waals surface area contributed by atoms with Crippen LogP contribution in [-0.4, -0.2) is 31.3 Å². The Morgan fingerprint density at radius 2 is 2.21 bits per heavy atom. The van der Waals surface area contributed by atoms with E-state index in [0.717, 1.165) is 5.56 Å². The number of hydrogen-bond donors (Lipinski definition) is 1. The van der Waals surface area contributed by atoms with Gasteiger partial charge in [-0.15, -0.1) is 0 Å². The van der Waals surface area contributed by atoms with E-state index in [9.17, 15) is 4.79 Å². The van der Waals surface area contributed by atoms with Gasteiger partial charge >= 0.3 is 0 Å². The second-order valence-corrected chi connectivity index (χ2v) is 6.16. The molecule has 0 saturated carbocycles. The van der Waals surface area contributed by atoms with Gasteiger partial charge < -0.3 is 14.6 Å². The van der Waals surface area contributed by atoms with Gasteiger partial charge in [0, 0.05) is 30.2 Å². The van der Waals surface area contributed by atoms with Crippen LogP contribution in [0.2, 0.25) is 5.02 Å². The van der Waals surface area contributed by atoms with Gasteiger partial charge in [0.25, 0.3) is 5.91 Å². The Hall–Kier alpha value is -2.15. The van der Waals surface area contributed by atoms with Gasteiger partial charge in [0.05, 0.1) is 11.6 Å². The van der Waals surface area contributed by atoms with E-state index in [4.69, 9.17) is 20.9 Å². The molecule has 0 unspecified atom stereocenters. The number of aromatic nitrogens is 1. The van der Waals surface area contributed by atoms with E-state index in [-0.39, 0.29) is 5.91 Å². The molecule has 5 nitrogen and oxygen atoms in total. The molecule has 2 aromatic heterocycles. The van der Waals surface area contributed by atoms with Crippen LogP contribution in [0, 0.1) is 0 Å². The number of nitrogens with one attached hydrogen (secondary N) is 1. The molecule has 0 atom stereocenters. The first-order chi connectivity index (χ1) is 11.7. The summed E-state index contributed by atoms with van der Waals surface area (Å²) in [6.07, 6.45) is 0. The lowest BCUT2D eigenvalue weighted by molar-refractivity contribution is 0.0938. The average molecular weight is 363 g/mol. The third-order valence-electron chi connectivity index (χ3n) is 3.42. The van der Waals surface area contributed by atoms with Crippen LogP contribution >= 0.6 is 22.9 Å². The zero-order valence-corrected chi connectivity index (χ0v) is 14.5. The number of nitrogens with zero attached hydrogens (tertiary/aromatic N) is 1. The Bertz CT molecular complexity index is 830. The van der Waals surface area contributed by atoms with Crippen LogP contribution in [0.25, 0.3) is 22.6 Å². The molecular weight excluding hydrogens is 348 g/mol. The van der Waals surface area contributed by atoms with Crippen molar-refractivity contribution in [1.29, 1.82) is 0 Å². The van der Waals surface area contributed by atoms with Gasteiger partial charge in [-0.1, -0.05) is 35.0 Å². The van der Waals surface area contributed by atoms with E-state index >= 15 is 0 Å².